The van der Waals surface area contributed by atoms with Crippen LogP contribution in [0.15, 0.2) is 27.5 Å². The maximum Gasteiger partial charge on any atom is 0.259 e. The maximum atomic E-state index is 13.5. The number of nitrogens with two attached hydrogens (primary N) is 1. The van der Waals surface area contributed by atoms with Crippen LogP contribution in [0.3, 0.4) is 0 Å². The molecule has 3 N–H and O–H groups in total. The van der Waals surface area contributed by atoms with Gasteiger partial charge in [-0.05, 0) is 37.9 Å². The number of anilines is 2. The average molecular weight is 408 g/mol. The molecular formula is C11H6Br2F2N4O. The smallest absolute Gasteiger partial charge is 0.259 e. The number of rotatable bonds is 2. The molecule has 1 heterocycles. The molecule has 0 aliphatic heterocycles. The number of amides is 1. The summed E-state index contributed by atoms with van der Waals surface area (Å²) in [5.41, 5.74) is 4.60. The minimum atomic E-state index is -1.02. The van der Waals surface area contributed by atoms with Gasteiger partial charge in [0.2, 0.25) is 0 Å². The highest BCUT2D eigenvalue weighted by Crippen LogP contribution is 2.22. The molecule has 0 aliphatic rings. The largest absolute Gasteiger partial charge is 0.396 e. The molecule has 0 aliphatic carbocycles. The molecule has 1 amide bonds. The Bertz CT molecular complexity index is 696. The Morgan fingerprint density at radius 2 is 1.95 bits per heavy atom. The summed E-state index contributed by atoms with van der Waals surface area (Å²) in [6.45, 7) is 0. The number of nitrogen functional groups attached to an aromatic ring is 1. The third-order valence-corrected chi connectivity index (χ3v) is 3.20. The second kappa shape index (κ2) is 5.80. The van der Waals surface area contributed by atoms with Crippen molar-refractivity contribution in [3.05, 3.63) is 44.7 Å². The lowest BCUT2D eigenvalue weighted by atomic mass is 10.1. The monoisotopic (exact) mass is 406 g/mol. The van der Waals surface area contributed by atoms with E-state index >= 15 is 0 Å². The van der Waals surface area contributed by atoms with E-state index in [0.29, 0.717) is 10.7 Å². The number of nitrogens with zero attached hydrogens (tertiary/aromatic N) is 2. The van der Waals surface area contributed by atoms with Crippen LogP contribution in [-0.2, 0) is 0 Å². The Kier molecular flexibility index (Phi) is 4.29. The first-order valence-corrected chi connectivity index (χ1v) is 6.71. The quantitative estimate of drug-likeness (QED) is 0.749. The number of aromatic nitrogens is 2. The first kappa shape index (κ1) is 14.8. The third-order valence-electron chi connectivity index (χ3n) is 2.26. The van der Waals surface area contributed by atoms with E-state index in [-0.39, 0.29) is 21.7 Å². The molecule has 0 radical (unpaired) electrons. The Morgan fingerprint density at radius 1 is 1.25 bits per heavy atom. The second-order valence-electron chi connectivity index (χ2n) is 3.64. The van der Waals surface area contributed by atoms with Gasteiger partial charge in [0.25, 0.3) is 5.91 Å². The van der Waals surface area contributed by atoms with Gasteiger partial charge in [-0.25, -0.2) is 18.7 Å². The summed E-state index contributed by atoms with van der Waals surface area (Å²) in [5.74, 6) is -2.66. The van der Waals surface area contributed by atoms with Crippen molar-refractivity contribution in [2.45, 2.75) is 0 Å². The van der Waals surface area contributed by atoms with Gasteiger partial charge < -0.3 is 11.1 Å². The predicted molar refractivity (Wildman–Crippen MR) is 76.2 cm³/mol. The summed E-state index contributed by atoms with van der Waals surface area (Å²) in [5, 5.41) is 2.34. The summed E-state index contributed by atoms with van der Waals surface area (Å²) in [4.78, 5) is 19.8. The molecule has 20 heavy (non-hydrogen) atoms. The molecule has 1 aromatic carbocycles. The van der Waals surface area contributed by atoms with Crippen LogP contribution < -0.4 is 11.1 Å². The van der Waals surface area contributed by atoms with Crippen LogP contribution in [0.4, 0.5) is 20.3 Å². The highest BCUT2D eigenvalue weighted by molar-refractivity contribution is 9.11. The zero-order chi connectivity index (χ0) is 14.9. The van der Waals surface area contributed by atoms with E-state index in [9.17, 15) is 13.6 Å². The van der Waals surface area contributed by atoms with Crippen LogP contribution in [0.5, 0.6) is 0 Å². The number of carbonyl (C=O) groups excluding carboxylic acids is 1. The molecule has 2 aromatic rings. The van der Waals surface area contributed by atoms with Gasteiger partial charge in [-0.3, -0.25) is 4.79 Å². The van der Waals surface area contributed by atoms with Gasteiger partial charge >= 0.3 is 0 Å². The molecule has 1 aromatic heterocycles. The van der Waals surface area contributed by atoms with Gasteiger partial charge in [-0.2, -0.15) is 0 Å². The predicted octanol–water partition coefficient (Wildman–Crippen LogP) is 3.11. The maximum absolute atomic E-state index is 13.5. The highest BCUT2D eigenvalue weighted by atomic mass is 79.9. The summed E-state index contributed by atoms with van der Waals surface area (Å²) in [6, 6.07) is 1.47. The molecule has 2 rings (SSSR count). The second-order valence-corrected chi connectivity index (χ2v) is 5.20. The molecule has 5 nitrogen and oxygen atoms in total. The van der Waals surface area contributed by atoms with Gasteiger partial charge in [0.1, 0.15) is 20.8 Å². The molecule has 0 saturated carbocycles. The number of carbonyl (C=O) groups is 1. The summed E-state index contributed by atoms with van der Waals surface area (Å²) in [7, 11) is 0. The highest BCUT2D eigenvalue weighted by Gasteiger charge is 2.17. The van der Waals surface area contributed by atoms with E-state index in [0.717, 1.165) is 6.07 Å². The number of halogens is 4. The minimum absolute atomic E-state index is 0.0977. The van der Waals surface area contributed by atoms with Crippen LogP contribution in [0.25, 0.3) is 0 Å². The molecule has 0 unspecified atom stereocenters. The zero-order valence-electron chi connectivity index (χ0n) is 9.62. The van der Waals surface area contributed by atoms with E-state index < -0.39 is 17.5 Å². The van der Waals surface area contributed by atoms with Crippen LogP contribution in [0.2, 0.25) is 0 Å². The summed E-state index contributed by atoms with van der Waals surface area (Å²) < 4.78 is 27.3. The van der Waals surface area contributed by atoms with E-state index in [1.165, 1.54) is 6.20 Å². The summed E-state index contributed by atoms with van der Waals surface area (Å²) >= 11 is 6.20. The lowest BCUT2D eigenvalue weighted by Crippen LogP contribution is -2.16. The van der Waals surface area contributed by atoms with Gasteiger partial charge in [-0.15, -0.1) is 0 Å². The van der Waals surface area contributed by atoms with Gasteiger partial charge in [0, 0.05) is 6.07 Å². The van der Waals surface area contributed by atoms with Gasteiger partial charge in [0.15, 0.2) is 5.82 Å². The molecule has 9 heteroatoms. The van der Waals surface area contributed by atoms with E-state index in [1.807, 2.05) is 0 Å². The van der Waals surface area contributed by atoms with Gasteiger partial charge in [-0.1, -0.05) is 0 Å². The topological polar surface area (TPSA) is 80.9 Å². The lowest BCUT2D eigenvalue weighted by molar-refractivity contribution is 0.102. The fraction of sp³-hybridized carbons (Fsp3) is 0. The van der Waals surface area contributed by atoms with Crippen molar-refractivity contribution in [3.8, 4) is 0 Å². The van der Waals surface area contributed by atoms with Crippen molar-refractivity contribution in [2.24, 2.45) is 0 Å². The first-order chi connectivity index (χ1) is 9.38. The van der Waals surface area contributed by atoms with Crippen LogP contribution in [0.1, 0.15) is 10.4 Å². The van der Waals surface area contributed by atoms with E-state index in [4.69, 9.17) is 5.73 Å². The van der Waals surface area contributed by atoms with Crippen molar-refractivity contribution >= 4 is 49.3 Å². The van der Waals surface area contributed by atoms with Crippen molar-refractivity contribution < 1.29 is 13.6 Å². The molecule has 0 spiro atoms. The lowest BCUT2D eigenvalue weighted by Gasteiger charge is -2.08. The number of benzene rings is 1. The fourth-order valence-electron chi connectivity index (χ4n) is 1.35. The number of hydrogen-bond donors (Lipinski definition) is 2. The van der Waals surface area contributed by atoms with Crippen molar-refractivity contribution in [2.75, 3.05) is 11.1 Å². The van der Waals surface area contributed by atoms with E-state index in [1.54, 1.807) is 0 Å². The Hall–Kier alpha value is -1.61. The van der Waals surface area contributed by atoms with Crippen LogP contribution in [-0.4, -0.2) is 15.9 Å². The van der Waals surface area contributed by atoms with Crippen LogP contribution >= 0.6 is 31.9 Å². The standard InChI is InChI=1S/C11H6Br2F2N4O/c12-8-3-17-10(9(13)18-8)19-11(20)4-1-7(16)6(15)2-5(4)14/h1-3H,16H2,(H,17,19,20). The SMILES string of the molecule is Nc1cc(C(=O)Nc2ncc(Br)nc2Br)c(F)cc1F. The molecule has 0 saturated heterocycles. The van der Waals surface area contributed by atoms with Crippen molar-refractivity contribution in [1.29, 1.82) is 0 Å². The minimum Gasteiger partial charge on any atom is -0.396 e. The van der Waals surface area contributed by atoms with Crippen molar-refractivity contribution in [3.63, 3.8) is 0 Å². The molecule has 0 fully saturated rings. The van der Waals surface area contributed by atoms with Crippen molar-refractivity contribution in [1.82, 2.24) is 9.97 Å². The van der Waals surface area contributed by atoms with Gasteiger partial charge in [0.05, 0.1) is 17.4 Å². The average Bonchev–Trinajstić information content (AvgIpc) is 2.37. The Balaban J connectivity index is 2.31. The molecule has 0 bridgehead atoms. The molecular weight excluding hydrogens is 402 g/mol. The molecule has 104 valence electrons. The Morgan fingerprint density at radius 3 is 2.60 bits per heavy atom. The normalized spacial score (nSPS) is 10.4. The third kappa shape index (κ3) is 3.10. The molecule has 0 atom stereocenters. The fourth-order valence-corrected chi connectivity index (χ4v) is 2.26. The van der Waals surface area contributed by atoms with E-state index in [2.05, 4.69) is 47.1 Å². The summed E-state index contributed by atoms with van der Waals surface area (Å²) in [6.07, 6.45) is 1.36. The number of nitrogens with one attached hydrogen (secondary N) is 1. The first-order valence-electron chi connectivity index (χ1n) is 5.12. The number of hydrogen-bond acceptors (Lipinski definition) is 4. The van der Waals surface area contributed by atoms with Crippen LogP contribution in [0, 0.1) is 11.6 Å². The Labute approximate surface area is 128 Å². The zero-order valence-corrected chi connectivity index (χ0v) is 12.8.